The number of carbonyl (C=O) groups excluding carboxylic acids is 1. The molecule has 0 amide bonds. The summed E-state index contributed by atoms with van der Waals surface area (Å²) in [5.41, 5.74) is 1.25. The highest BCUT2D eigenvalue weighted by molar-refractivity contribution is 5.96. The van der Waals surface area contributed by atoms with E-state index in [0.29, 0.717) is 17.0 Å². The summed E-state index contributed by atoms with van der Waals surface area (Å²) < 4.78 is 12.3. The van der Waals surface area contributed by atoms with Gasteiger partial charge >= 0.3 is 5.97 Å². The molecule has 0 aromatic carbocycles. The quantitative estimate of drug-likeness (QED) is 0.297. The van der Waals surface area contributed by atoms with Crippen molar-refractivity contribution in [2.24, 2.45) is 0 Å². The molecule has 1 saturated carbocycles. The van der Waals surface area contributed by atoms with E-state index in [1.807, 2.05) is 0 Å². The molecule has 2 aliphatic rings. The maximum Gasteiger partial charge on any atom is 0.342 e. The highest BCUT2D eigenvalue weighted by Gasteiger charge is 2.44. The summed E-state index contributed by atoms with van der Waals surface area (Å²) in [6.45, 7) is 1.47. The Hall–Kier alpha value is -3.13. The number of nitrogens with zero attached hydrogens (tertiary/aromatic N) is 5. The molecule has 4 heterocycles. The molecule has 3 aromatic heterocycles. The molecule has 1 aliphatic heterocycles. The summed E-state index contributed by atoms with van der Waals surface area (Å²) >= 11 is 0. The summed E-state index contributed by atoms with van der Waals surface area (Å²) in [5, 5.41) is 40.6. The van der Waals surface area contributed by atoms with Crippen LogP contribution in [0.3, 0.4) is 0 Å². The molecule has 13 heteroatoms. The van der Waals surface area contributed by atoms with E-state index in [-0.39, 0.29) is 29.7 Å². The third kappa shape index (κ3) is 4.35. The molecule has 3 aromatic rings. The third-order valence-electron chi connectivity index (χ3n) is 6.52. The van der Waals surface area contributed by atoms with Crippen LogP contribution in [-0.4, -0.2) is 88.6 Å². The van der Waals surface area contributed by atoms with Gasteiger partial charge in [-0.2, -0.15) is 5.10 Å². The second kappa shape index (κ2) is 9.85. The van der Waals surface area contributed by atoms with Crippen molar-refractivity contribution in [3.8, 4) is 11.5 Å². The first-order valence-corrected chi connectivity index (χ1v) is 11.9. The fourth-order valence-corrected chi connectivity index (χ4v) is 4.69. The van der Waals surface area contributed by atoms with Crippen LogP contribution in [0.1, 0.15) is 55.6 Å². The number of aromatic nitrogens is 6. The molecule has 0 spiro atoms. The Labute approximate surface area is 200 Å². The summed E-state index contributed by atoms with van der Waals surface area (Å²) in [7, 11) is 0. The molecular weight excluding hydrogens is 458 g/mol. The van der Waals surface area contributed by atoms with Gasteiger partial charge in [-0.05, 0) is 19.8 Å². The molecule has 188 valence electrons. The average Bonchev–Trinajstić information content (AvgIpc) is 3.58. The van der Waals surface area contributed by atoms with Gasteiger partial charge in [-0.15, -0.1) is 0 Å². The van der Waals surface area contributed by atoms with Crippen LogP contribution in [0.15, 0.2) is 12.5 Å². The number of H-pyrrole nitrogens is 1. The number of anilines is 1. The molecule has 1 unspecified atom stereocenters. The van der Waals surface area contributed by atoms with Crippen LogP contribution >= 0.6 is 0 Å². The molecule has 35 heavy (non-hydrogen) atoms. The monoisotopic (exact) mass is 487 g/mol. The summed E-state index contributed by atoms with van der Waals surface area (Å²) in [4.78, 5) is 26.2. The molecule has 5 rings (SSSR count). The summed E-state index contributed by atoms with van der Waals surface area (Å²) in [6.07, 6.45) is 3.68. The minimum atomic E-state index is -1.31. The van der Waals surface area contributed by atoms with Gasteiger partial charge in [0.15, 0.2) is 29.0 Å². The molecule has 1 saturated heterocycles. The third-order valence-corrected chi connectivity index (χ3v) is 6.52. The number of imidazole rings is 1. The minimum Gasteiger partial charge on any atom is -0.462 e. The number of aromatic amines is 1. The Bertz CT molecular complexity index is 1190. The average molecular weight is 488 g/mol. The maximum atomic E-state index is 12.5. The molecule has 4 atom stereocenters. The van der Waals surface area contributed by atoms with Crippen molar-refractivity contribution in [1.29, 1.82) is 0 Å². The van der Waals surface area contributed by atoms with Gasteiger partial charge in [-0.1, -0.05) is 19.3 Å². The normalized spacial score (nSPS) is 25.3. The van der Waals surface area contributed by atoms with Crippen LogP contribution < -0.4 is 5.32 Å². The second-order valence-electron chi connectivity index (χ2n) is 8.81. The van der Waals surface area contributed by atoms with Gasteiger partial charge in [0.25, 0.3) is 0 Å². The molecule has 1 aliphatic carbocycles. The van der Waals surface area contributed by atoms with Crippen molar-refractivity contribution in [3.05, 3.63) is 18.1 Å². The van der Waals surface area contributed by atoms with Crippen molar-refractivity contribution in [2.45, 2.75) is 69.6 Å². The lowest BCUT2D eigenvalue weighted by Crippen LogP contribution is -2.33. The lowest BCUT2D eigenvalue weighted by molar-refractivity contribution is -0.0511. The Balaban J connectivity index is 1.61. The van der Waals surface area contributed by atoms with Crippen LogP contribution in [0.2, 0.25) is 0 Å². The Kier molecular flexibility index (Phi) is 6.65. The van der Waals surface area contributed by atoms with Crippen molar-refractivity contribution in [1.82, 2.24) is 29.7 Å². The van der Waals surface area contributed by atoms with E-state index in [2.05, 4.69) is 30.5 Å². The Morgan fingerprint density at radius 2 is 2.06 bits per heavy atom. The first-order valence-electron chi connectivity index (χ1n) is 11.9. The van der Waals surface area contributed by atoms with Crippen molar-refractivity contribution in [3.63, 3.8) is 0 Å². The van der Waals surface area contributed by atoms with Gasteiger partial charge < -0.3 is 30.1 Å². The van der Waals surface area contributed by atoms with Gasteiger partial charge in [0.2, 0.25) is 0 Å². The van der Waals surface area contributed by atoms with Gasteiger partial charge in [-0.3, -0.25) is 9.67 Å². The van der Waals surface area contributed by atoms with E-state index < -0.39 is 37.1 Å². The second-order valence-corrected chi connectivity index (χ2v) is 8.81. The van der Waals surface area contributed by atoms with Gasteiger partial charge in [0, 0.05) is 6.04 Å². The van der Waals surface area contributed by atoms with Crippen molar-refractivity contribution >= 4 is 23.0 Å². The van der Waals surface area contributed by atoms with E-state index >= 15 is 0 Å². The molecular formula is C22H29N7O6. The number of rotatable bonds is 7. The van der Waals surface area contributed by atoms with Gasteiger partial charge in [-0.25, -0.2) is 19.7 Å². The standard InChI is InChI=1S/C22H29N7O6/c1-2-34-22(33)12-8-24-28-14(12)18-26-19(25-11-6-4-3-5-7-11)15-20(27-18)29(10-23-15)21-17(32)16(31)13(9-30)35-21/h8,10-11,13,16-17,21,30-32H,2-7,9H2,1H3,(H,24,28)(H,25,26,27)/t13-,16-,17-,21?/m1/s1. The number of hydrogen-bond acceptors (Lipinski definition) is 11. The SMILES string of the molecule is CCOC(=O)c1cn[nH]c1-c1nc(NC2CCCCC2)c2ncn(C3O[C@H](CO)[C@@H](O)[C@H]3O)c2n1. The topological polar surface area (TPSA) is 181 Å². The van der Waals surface area contributed by atoms with E-state index in [9.17, 15) is 20.1 Å². The first kappa shape index (κ1) is 23.6. The zero-order valence-electron chi connectivity index (χ0n) is 19.3. The number of nitrogens with one attached hydrogen (secondary N) is 2. The van der Waals surface area contributed by atoms with Crippen LogP contribution in [0.25, 0.3) is 22.7 Å². The molecule has 0 bridgehead atoms. The maximum absolute atomic E-state index is 12.5. The first-order chi connectivity index (χ1) is 17.0. The number of aliphatic hydroxyl groups excluding tert-OH is 3. The molecule has 5 N–H and O–H groups in total. The van der Waals surface area contributed by atoms with Crippen molar-refractivity contribution < 1.29 is 29.6 Å². The fourth-order valence-electron chi connectivity index (χ4n) is 4.69. The van der Waals surface area contributed by atoms with E-state index in [0.717, 1.165) is 25.7 Å². The fraction of sp³-hybridized carbons (Fsp3) is 0.591. The lowest BCUT2D eigenvalue weighted by Gasteiger charge is -2.23. The lowest BCUT2D eigenvalue weighted by atomic mass is 9.95. The zero-order valence-corrected chi connectivity index (χ0v) is 19.3. The van der Waals surface area contributed by atoms with Crippen LogP contribution in [0, 0.1) is 0 Å². The predicted molar refractivity (Wildman–Crippen MR) is 122 cm³/mol. The van der Waals surface area contributed by atoms with Gasteiger partial charge in [0.05, 0.1) is 25.7 Å². The number of hydrogen-bond donors (Lipinski definition) is 5. The molecule has 0 radical (unpaired) electrons. The zero-order chi connectivity index (χ0) is 24.5. The number of ether oxygens (including phenoxy) is 2. The Morgan fingerprint density at radius 1 is 1.26 bits per heavy atom. The smallest absolute Gasteiger partial charge is 0.342 e. The van der Waals surface area contributed by atoms with Crippen molar-refractivity contribution in [2.75, 3.05) is 18.5 Å². The van der Waals surface area contributed by atoms with Crippen LogP contribution in [-0.2, 0) is 9.47 Å². The number of fused-ring (bicyclic) bond motifs is 1. The Morgan fingerprint density at radius 3 is 2.77 bits per heavy atom. The number of aliphatic hydroxyl groups is 3. The van der Waals surface area contributed by atoms with Crippen LogP contribution in [0.4, 0.5) is 5.82 Å². The summed E-state index contributed by atoms with van der Waals surface area (Å²) in [5.74, 6) is 0.107. The minimum absolute atomic E-state index is 0.185. The van der Waals surface area contributed by atoms with E-state index in [1.165, 1.54) is 23.5 Å². The highest BCUT2D eigenvalue weighted by Crippen LogP contribution is 2.34. The number of carbonyl (C=O) groups is 1. The largest absolute Gasteiger partial charge is 0.462 e. The summed E-state index contributed by atoms with van der Waals surface area (Å²) in [6, 6.07) is 0.208. The van der Waals surface area contributed by atoms with Crippen LogP contribution in [0.5, 0.6) is 0 Å². The molecule has 13 nitrogen and oxygen atoms in total. The van der Waals surface area contributed by atoms with E-state index in [1.54, 1.807) is 6.92 Å². The molecule has 2 fully saturated rings. The van der Waals surface area contributed by atoms with Gasteiger partial charge in [0.1, 0.15) is 29.6 Å². The van der Waals surface area contributed by atoms with E-state index in [4.69, 9.17) is 9.47 Å². The predicted octanol–water partition coefficient (Wildman–Crippen LogP) is 0.749. The highest BCUT2D eigenvalue weighted by atomic mass is 16.6. The number of esters is 1.